The van der Waals surface area contributed by atoms with E-state index in [9.17, 15) is 19.6 Å². The molecule has 2 aliphatic heterocycles. The Morgan fingerprint density at radius 2 is 1.96 bits per heavy atom. The van der Waals surface area contributed by atoms with Crippen LogP contribution in [0.5, 0.6) is 5.75 Å². The fourth-order valence-corrected chi connectivity index (χ4v) is 7.64. The van der Waals surface area contributed by atoms with Crippen molar-refractivity contribution in [1.82, 2.24) is 39.7 Å². The number of fused-ring (bicyclic) bond motifs is 1. The Labute approximate surface area is 316 Å². The molecule has 1 unspecified atom stereocenters. The lowest BCUT2D eigenvalue weighted by Gasteiger charge is -2.48. The van der Waals surface area contributed by atoms with Crippen molar-refractivity contribution in [3.63, 3.8) is 0 Å². The van der Waals surface area contributed by atoms with Gasteiger partial charge >= 0.3 is 0 Å². The first-order chi connectivity index (χ1) is 26.3. The zero-order valence-electron chi connectivity index (χ0n) is 29.7. The van der Waals surface area contributed by atoms with Crippen molar-refractivity contribution in [3.8, 4) is 23.1 Å². The number of aromatic amines is 1. The molecule has 16 heteroatoms. The third kappa shape index (κ3) is 8.23. The summed E-state index contributed by atoms with van der Waals surface area (Å²) in [6.07, 6.45) is 6.73. The minimum Gasteiger partial charge on any atom is -0.491 e. The molecule has 278 valence electrons. The maximum absolute atomic E-state index is 12.8. The topological polar surface area (TPSA) is 192 Å². The van der Waals surface area contributed by atoms with Crippen LogP contribution >= 0.6 is 11.9 Å². The number of rotatable bonds is 16. The van der Waals surface area contributed by atoms with Crippen LogP contribution in [0.25, 0.3) is 22.3 Å². The van der Waals surface area contributed by atoms with Crippen molar-refractivity contribution < 1.29 is 23.9 Å². The van der Waals surface area contributed by atoms with E-state index in [1.54, 1.807) is 42.4 Å². The van der Waals surface area contributed by atoms with Gasteiger partial charge in [-0.3, -0.25) is 24.4 Å². The number of carbonyl (C=O) groups excluding carboxylic acids is 3. The molecule has 1 atom stereocenters. The number of nitrogens with zero attached hydrogens (tertiary/aromatic N) is 6. The number of benzene rings is 2. The molecular formula is C38H40N10O5S. The van der Waals surface area contributed by atoms with Crippen LogP contribution in [0, 0.1) is 11.3 Å². The predicted molar refractivity (Wildman–Crippen MR) is 203 cm³/mol. The number of carbonyl (C=O) groups is 3. The molecule has 0 radical (unpaired) electrons. The molecule has 4 N–H and O–H groups in total. The predicted octanol–water partition coefficient (Wildman–Crippen LogP) is 4.50. The Hall–Kier alpha value is -5.76. The Bertz CT molecular complexity index is 2170. The Morgan fingerprint density at radius 1 is 1.11 bits per heavy atom. The highest BCUT2D eigenvalue weighted by Gasteiger charge is 2.45. The van der Waals surface area contributed by atoms with Gasteiger partial charge in [-0.1, -0.05) is 31.0 Å². The lowest BCUT2D eigenvalue weighted by molar-refractivity contribution is -0.134. The summed E-state index contributed by atoms with van der Waals surface area (Å²) in [6.45, 7) is 4.86. The van der Waals surface area contributed by atoms with E-state index < -0.39 is 0 Å². The van der Waals surface area contributed by atoms with E-state index in [2.05, 4.69) is 48.3 Å². The van der Waals surface area contributed by atoms with Crippen LogP contribution in [-0.4, -0.2) is 92.0 Å². The van der Waals surface area contributed by atoms with E-state index in [-0.39, 0.29) is 29.2 Å². The van der Waals surface area contributed by atoms with Crippen molar-refractivity contribution in [2.24, 2.45) is 0 Å². The number of anilines is 2. The number of H-pyrrole nitrogens is 1. The summed E-state index contributed by atoms with van der Waals surface area (Å²) in [5, 5.41) is 23.6. The average molecular weight is 749 g/mol. The largest absolute Gasteiger partial charge is 0.491 e. The molecule has 7 rings (SSSR count). The summed E-state index contributed by atoms with van der Waals surface area (Å²) in [4.78, 5) is 49.1. The number of aromatic nitrogens is 5. The van der Waals surface area contributed by atoms with Gasteiger partial charge in [0.05, 0.1) is 43.5 Å². The number of imide groups is 1. The molecule has 2 aliphatic rings. The van der Waals surface area contributed by atoms with Gasteiger partial charge in [-0.05, 0) is 54.4 Å². The maximum Gasteiger partial charge on any atom is 0.251 e. The average Bonchev–Trinajstić information content (AvgIpc) is 3.85. The lowest BCUT2D eigenvalue weighted by Crippen LogP contribution is -2.60. The fraction of sp³-hybridized carbons (Fsp3) is 0.342. The number of piperidine rings is 1. The summed E-state index contributed by atoms with van der Waals surface area (Å²) in [5.74, 6) is 0.847. The second-order valence-electron chi connectivity index (χ2n) is 13.1. The van der Waals surface area contributed by atoms with E-state index in [4.69, 9.17) is 14.5 Å². The first kappa shape index (κ1) is 36.6. The van der Waals surface area contributed by atoms with Gasteiger partial charge in [0.25, 0.3) is 5.91 Å². The van der Waals surface area contributed by atoms with Gasteiger partial charge < -0.3 is 25.1 Å². The van der Waals surface area contributed by atoms with Gasteiger partial charge in [-0.2, -0.15) is 15.3 Å². The van der Waals surface area contributed by atoms with Crippen LogP contribution < -0.4 is 20.7 Å². The summed E-state index contributed by atoms with van der Waals surface area (Å²) in [7, 11) is 0. The van der Waals surface area contributed by atoms with E-state index in [0.29, 0.717) is 79.9 Å². The van der Waals surface area contributed by atoms with Gasteiger partial charge in [0.2, 0.25) is 17.8 Å². The van der Waals surface area contributed by atoms with Gasteiger partial charge in [-0.15, -0.1) is 0 Å². The van der Waals surface area contributed by atoms with Crippen LogP contribution in [0.4, 0.5) is 11.6 Å². The van der Waals surface area contributed by atoms with Crippen molar-refractivity contribution in [2.45, 2.75) is 37.6 Å². The fourth-order valence-electron chi connectivity index (χ4n) is 6.62. The number of ether oxygens (including phenoxy) is 2. The lowest BCUT2D eigenvalue weighted by atomic mass is 9.89. The molecular weight excluding hydrogens is 709 g/mol. The SMILES string of the molecule is CCSN1CC(CC#N)(n2cc(-c3nc(Nc4ccc(C(=O)NCCOCCOc5cccc(C6CCC(=O)NC6=O)c5)cc4)nc4[nH]ccc34)cn2)C1. The number of hydrogen-bond acceptors (Lipinski definition) is 12. The number of amides is 3. The van der Waals surface area contributed by atoms with Crippen molar-refractivity contribution in [3.05, 3.63) is 84.3 Å². The minimum absolute atomic E-state index is 0.230. The molecule has 15 nitrogen and oxygen atoms in total. The summed E-state index contributed by atoms with van der Waals surface area (Å²) >= 11 is 1.77. The van der Waals surface area contributed by atoms with Crippen LogP contribution in [0.2, 0.25) is 0 Å². The smallest absolute Gasteiger partial charge is 0.251 e. The van der Waals surface area contributed by atoms with Crippen LogP contribution in [0.3, 0.4) is 0 Å². The Kier molecular flexibility index (Phi) is 11.2. The monoisotopic (exact) mass is 748 g/mol. The first-order valence-electron chi connectivity index (χ1n) is 17.8. The molecule has 2 fully saturated rings. The highest BCUT2D eigenvalue weighted by atomic mass is 32.2. The van der Waals surface area contributed by atoms with Crippen LogP contribution in [-0.2, 0) is 19.9 Å². The molecule has 0 aliphatic carbocycles. The minimum atomic E-state index is -0.373. The third-order valence-corrected chi connectivity index (χ3v) is 10.2. The van der Waals surface area contributed by atoms with E-state index in [0.717, 1.165) is 35.4 Å². The molecule has 3 amide bonds. The molecule has 2 aromatic carbocycles. The molecule has 0 saturated carbocycles. The van der Waals surface area contributed by atoms with E-state index >= 15 is 0 Å². The van der Waals surface area contributed by atoms with Gasteiger partial charge in [0.15, 0.2) is 0 Å². The maximum atomic E-state index is 12.8. The van der Waals surface area contributed by atoms with Crippen LogP contribution in [0.1, 0.15) is 48.0 Å². The van der Waals surface area contributed by atoms with E-state index in [1.807, 2.05) is 47.4 Å². The summed E-state index contributed by atoms with van der Waals surface area (Å²) in [6, 6.07) is 18.6. The quantitative estimate of drug-likeness (QED) is 0.0629. The summed E-state index contributed by atoms with van der Waals surface area (Å²) in [5.41, 5.74) is 3.84. The molecule has 2 saturated heterocycles. The van der Waals surface area contributed by atoms with Gasteiger partial charge in [-0.25, -0.2) is 9.29 Å². The molecule has 0 spiro atoms. The van der Waals surface area contributed by atoms with Crippen molar-refractivity contribution in [2.75, 3.05) is 50.5 Å². The second kappa shape index (κ2) is 16.5. The van der Waals surface area contributed by atoms with Crippen LogP contribution in [0.15, 0.2) is 73.2 Å². The molecule has 3 aromatic heterocycles. The van der Waals surface area contributed by atoms with Crippen molar-refractivity contribution >= 4 is 52.3 Å². The second-order valence-corrected chi connectivity index (χ2v) is 14.4. The number of nitriles is 1. The molecule has 0 bridgehead atoms. The summed E-state index contributed by atoms with van der Waals surface area (Å²) < 4.78 is 15.6. The van der Waals surface area contributed by atoms with Gasteiger partial charge in [0.1, 0.15) is 23.5 Å². The third-order valence-electron chi connectivity index (χ3n) is 9.35. The molecule has 54 heavy (non-hydrogen) atoms. The van der Waals surface area contributed by atoms with Crippen molar-refractivity contribution in [1.29, 1.82) is 5.26 Å². The van der Waals surface area contributed by atoms with Gasteiger partial charge in [0, 0.05) is 66.4 Å². The Balaban J connectivity index is 0.883. The van der Waals surface area contributed by atoms with E-state index in [1.165, 1.54) is 0 Å². The normalized spacial score (nSPS) is 16.7. The highest BCUT2D eigenvalue weighted by Crippen LogP contribution is 2.38. The zero-order valence-corrected chi connectivity index (χ0v) is 30.5. The first-order valence-corrected chi connectivity index (χ1v) is 18.7. The molecule has 5 aromatic rings. The number of nitrogens with one attached hydrogen (secondary N) is 4. The zero-order chi connectivity index (χ0) is 37.5. The standard InChI is InChI=1S/C38H40N10O5S/c1-2-54-47-23-38(24-47,13-14-39)48-22-27(21-42-48)33-31-12-15-40-34(31)46-37(45-33)43-28-8-6-25(7-9-28)35(50)41-16-17-52-18-19-53-29-5-3-4-26(20-29)30-10-11-32(49)44-36(30)51/h3-9,12,15,20-22,30H,2,10-11,13,16-19,23-24H2,1H3,(H,41,50)(H,44,49,51)(H2,40,43,45,46). The number of hydrogen-bond donors (Lipinski definition) is 4. The molecule has 5 heterocycles. The Morgan fingerprint density at radius 3 is 2.76 bits per heavy atom. The highest BCUT2D eigenvalue weighted by molar-refractivity contribution is 7.97.